The zero-order chi connectivity index (χ0) is 9.14. The molecule has 1 aliphatic rings. The lowest BCUT2D eigenvalue weighted by atomic mass is 10.2. The number of rotatable bonds is 1. The number of nitrogens with one attached hydrogen (secondary N) is 2. The second-order valence-electron chi connectivity index (χ2n) is 1.92. The smallest absolute Gasteiger partial charge is 0.277 e. The first-order valence-electron chi connectivity index (χ1n) is 2.85. The number of urea groups is 1. The molecule has 0 aromatic carbocycles. The van der Waals surface area contributed by atoms with E-state index in [0.29, 0.717) is 0 Å². The fourth-order valence-electron chi connectivity index (χ4n) is 0.667. The lowest BCUT2D eigenvalue weighted by Crippen LogP contribution is -2.57. The van der Waals surface area contributed by atoms with Gasteiger partial charge >= 0.3 is 6.03 Å². The van der Waals surface area contributed by atoms with Gasteiger partial charge in [0.2, 0.25) is 11.8 Å². The van der Waals surface area contributed by atoms with E-state index in [2.05, 4.69) is 10.0 Å². The second-order valence-corrected chi connectivity index (χ2v) is 1.92. The summed E-state index contributed by atoms with van der Waals surface area (Å²) in [6.07, 6.45) is 0. The topological polar surface area (TPSA) is 124 Å². The van der Waals surface area contributed by atoms with Gasteiger partial charge in [-0.05, 0) is 5.53 Å². The molecule has 12 heavy (non-hydrogen) atoms. The van der Waals surface area contributed by atoms with Gasteiger partial charge in [0.25, 0.3) is 0 Å². The van der Waals surface area contributed by atoms with Crippen LogP contribution >= 0.6 is 0 Å². The number of barbiturate groups is 1. The maximum absolute atomic E-state index is 10.7. The summed E-state index contributed by atoms with van der Waals surface area (Å²) in [4.78, 5) is 34.2. The van der Waals surface area contributed by atoms with Gasteiger partial charge in [-0.25, -0.2) is 4.79 Å². The minimum Gasteiger partial charge on any atom is -0.277 e. The molecule has 1 saturated heterocycles. The van der Waals surface area contributed by atoms with Crippen LogP contribution in [0.2, 0.25) is 0 Å². The molecule has 1 fully saturated rings. The van der Waals surface area contributed by atoms with Crippen molar-refractivity contribution < 1.29 is 14.4 Å². The van der Waals surface area contributed by atoms with E-state index in [1.165, 1.54) is 0 Å². The summed E-state index contributed by atoms with van der Waals surface area (Å²) in [5.74, 6) is -1.83. The van der Waals surface area contributed by atoms with Crippen LogP contribution in [0.1, 0.15) is 0 Å². The van der Waals surface area contributed by atoms with Crippen molar-refractivity contribution >= 4 is 17.8 Å². The molecule has 0 radical (unpaired) electrons. The molecule has 0 aromatic rings. The Labute approximate surface area is 65.5 Å². The number of carbonyl (C=O) groups is 3. The minimum atomic E-state index is -1.49. The molecule has 0 saturated carbocycles. The van der Waals surface area contributed by atoms with E-state index >= 15 is 0 Å². The third-order valence-corrected chi connectivity index (χ3v) is 1.14. The van der Waals surface area contributed by atoms with Crippen LogP contribution in [-0.2, 0) is 9.59 Å². The molecule has 1 rings (SSSR count). The quantitative estimate of drug-likeness (QED) is 0.227. The Hall–Kier alpha value is -2.08. The molecule has 8 nitrogen and oxygen atoms in total. The number of hydrogen-bond donors (Lipinski definition) is 2. The predicted octanol–water partition coefficient (Wildman–Crippen LogP) is -0.969. The van der Waals surface area contributed by atoms with Gasteiger partial charge < -0.3 is 0 Å². The molecule has 0 atom stereocenters. The summed E-state index contributed by atoms with van der Waals surface area (Å²) in [6.45, 7) is 0. The first kappa shape index (κ1) is 8.02. The molecule has 0 spiro atoms. The molecule has 0 bridgehead atoms. The predicted molar refractivity (Wildman–Crippen MR) is 34.6 cm³/mol. The van der Waals surface area contributed by atoms with Gasteiger partial charge in [0.1, 0.15) is 0 Å². The van der Waals surface area contributed by atoms with Gasteiger partial charge in [-0.3, -0.25) is 20.2 Å². The average Bonchev–Trinajstić information content (AvgIpc) is 1.96. The maximum atomic E-state index is 10.7. The fraction of sp³-hybridized carbons (Fsp3) is 0.250. The lowest BCUT2D eigenvalue weighted by molar-refractivity contribution is -0.131. The Bertz CT molecular complexity index is 284. The average molecular weight is 169 g/mol. The SMILES string of the molecule is [N-]=[N+]=NC1C(=O)NC(=O)NC1=O. The number of imide groups is 2. The van der Waals surface area contributed by atoms with Crippen LogP contribution in [0.15, 0.2) is 5.11 Å². The number of amides is 4. The van der Waals surface area contributed by atoms with Crippen molar-refractivity contribution in [3.05, 3.63) is 10.4 Å². The van der Waals surface area contributed by atoms with E-state index < -0.39 is 23.9 Å². The number of nitrogens with zero attached hydrogens (tertiary/aromatic N) is 3. The number of carbonyl (C=O) groups excluding carboxylic acids is 3. The van der Waals surface area contributed by atoms with Crippen LogP contribution in [0, 0.1) is 0 Å². The Morgan fingerprint density at radius 2 is 1.75 bits per heavy atom. The third kappa shape index (κ3) is 1.32. The van der Waals surface area contributed by atoms with Gasteiger partial charge in [-0.2, -0.15) is 0 Å². The van der Waals surface area contributed by atoms with Gasteiger partial charge in [-0.15, -0.1) is 0 Å². The van der Waals surface area contributed by atoms with Crippen molar-refractivity contribution in [2.45, 2.75) is 6.04 Å². The second kappa shape index (κ2) is 2.89. The van der Waals surface area contributed by atoms with E-state index in [4.69, 9.17) is 5.53 Å². The zero-order valence-corrected chi connectivity index (χ0v) is 5.64. The normalized spacial score (nSPS) is 17.8. The van der Waals surface area contributed by atoms with Crippen LogP contribution in [-0.4, -0.2) is 23.9 Å². The molecule has 0 unspecified atom stereocenters. The van der Waals surface area contributed by atoms with Gasteiger partial charge in [0.15, 0.2) is 6.04 Å². The van der Waals surface area contributed by atoms with E-state index in [-0.39, 0.29) is 0 Å². The molecule has 1 heterocycles. The van der Waals surface area contributed by atoms with E-state index in [0.717, 1.165) is 0 Å². The van der Waals surface area contributed by atoms with E-state index in [1.807, 2.05) is 0 Å². The van der Waals surface area contributed by atoms with Crippen LogP contribution in [0.25, 0.3) is 10.4 Å². The summed E-state index contributed by atoms with van der Waals surface area (Å²) >= 11 is 0. The highest BCUT2D eigenvalue weighted by Gasteiger charge is 2.32. The highest BCUT2D eigenvalue weighted by Crippen LogP contribution is 1.96. The van der Waals surface area contributed by atoms with Crippen molar-refractivity contribution in [2.75, 3.05) is 0 Å². The van der Waals surface area contributed by atoms with Crippen LogP contribution in [0.4, 0.5) is 4.79 Å². The largest absolute Gasteiger partial charge is 0.328 e. The molecule has 2 N–H and O–H groups in total. The fourth-order valence-corrected chi connectivity index (χ4v) is 0.667. The third-order valence-electron chi connectivity index (χ3n) is 1.14. The van der Waals surface area contributed by atoms with Crippen molar-refractivity contribution in [1.29, 1.82) is 0 Å². The van der Waals surface area contributed by atoms with Crippen molar-refractivity contribution in [2.24, 2.45) is 5.11 Å². The Balaban J connectivity index is 2.87. The molecule has 0 aliphatic carbocycles. The van der Waals surface area contributed by atoms with Gasteiger partial charge in [0, 0.05) is 4.91 Å². The van der Waals surface area contributed by atoms with Gasteiger partial charge in [0.05, 0.1) is 0 Å². The molecule has 62 valence electrons. The molecule has 1 aliphatic heterocycles. The Kier molecular flexibility index (Phi) is 1.93. The van der Waals surface area contributed by atoms with Crippen molar-refractivity contribution in [1.82, 2.24) is 10.6 Å². The molecular formula is C4H3N5O3. The lowest BCUT2D eigenvalue weighted by Gasteiger charge is -2.15. The highest BCUT2D eigenvalue weighted by atomic mass is 16.2. The standard InChI is InChI=1S/C4H3N5O3/c5-9-8-1-2(10)6-4(12)7-3(1)11/h1H,(H2,6,7,10,11,12). The van der Waals surface area contributed by atoms with Crippen LogP contribution < -0.4 is 10.6 Å². The highest BCUT2D eigenvalue weighted by molar-refractivity contribution is 6.18. The minimum absolute atomic E-state index is 0.908. The van der Waals surface area contributed by atoms with Gasteiger partial charge in [-0.1, -0.05) is 5.11 Å². The molecule has 0 aromatic heterocycles. The monoisotopic (exact) mass is 169 g/mol. The molecule has 4 amide bonds. The van der Waals surface area contributed by atoms with Crippen LogP contribution in [0.5, 0.6) is 0 Å². The summed E-state index contributed by atoms with van der Waals surface area (Å²) in [5, 5.41) is 6.42. The number of azide groups is 1. The van der Waals surface area contributed by atoms with Crippen molar-refractivity contribution in [3.8, 4) is 0 Å². The first-order valence-corrected chi connectivity index (χ1v) is 2.85. The maximum Gasteiger partial charge on any atom is 0.328 e. The summed E-state index contributed by atoms with van der Waals surface area (Å²) in [7, 11) is 0. The molecule has 8 heteroatoms. The first-order chi connectivity index (χ1) is 5.65. The van der Waals surface area contributed by atoms with Crippen molar-refractivity contribution in [3.63, 3.8) is 0 Å². The summed E-state index contributed by atoms with van der Waals surface area (Å²) < 4.78 is 0. The Morgan fingerprint density at radius 1 is 1.25 bits per heavy atom. The summed E-state index contributed by atoms with van der Waals surface area (Å²) in [6, 6.07) is -2.40. The summed E-state index contributed by atoms with van der Waals surface area (Å²) in [5.41, 5.74) is 7.93. The zero-order valence-electron chi connectivity index (χ0n) is 5.64. The van der Waals surface area contributed by atoms with Crippen LogP contribution in [0.3, 0.4) is 0 Å². The Morgan fingerprint density at radius 3 is 2.17 bits per heavy atom. The van der Waals surface area contributed by atoms with E-state index in [1.54, 1.807) is 10.6 Å². The molecular weight excluding hydrogens is 166 g/mol. The van der Waals surface area contributed by atoms with E-state index in [9.17, 15) is 14.4 Å². The number of hydrogen-bond acceptors (Lipinski definition) is 4.